The van der Waals surface area contributed by atoms with Crippen molar-refractivity contribution < 1.29 is 37.0 Å². The first-order valence-electron chi connectivity index (χ1n) is 9.26. The Morgan fingerprint density at radius 2 is 2.12 bits per heavy atom. The number of hydrogen-bond acceptors (Lipinski definition) is 9. The van der Waals surface area contributed by atoms with Crippen LogP contribution in [0.15, 0.2) is 16.7 Å². The molecule has 2 aromatic rings. The fraction of sp³-hybridized carbons (Fsp3) is 0.389. The van der Waals surface area contributed by atoms with Crippen LogP contribution in [0.4, 0.5) is 29.2 Å². The number of nitrogens with one attached hydrogen (secondary N) is 1. The fourth-order valence-corrected chi connectivity index (χ4v) is 2.96. The molecule has 2 heterocycles. The highest BCUT2D eigenvalue weighted by Crippen LogP contribution is 2.28. The molecule has 0 aliphatic heterocycles. The highest BCUT2D eigenvalue weighted by atomic mass is 32.1. The Kier molecular flexibility index (Phi) is 8.64. The number of carbonyl (C=O) groups is 2. The van der Waals surface area contributed by atoms with Crippen LogP contribution in [0, 0.1) is 12.7 Å². The molecule has 0 aromatic carbocycles. The maximum atomic E-state index is 14.8. The van der Waals surface area contributed by atoms with Crippen molar-refractivity contribution in [2.45, 2.75) is 20.0 Å². The van der Waals surface area contributed by atoms with Gasteiger partial charge in [0.25, 0.3) is 5.91 Å². The number of hydrazone groups is 1. The summed E-state index contributed by atoms with van der Waals surface area (Å²) in [6.45, 7) is 0.912. The van der Waals surface area contributed by atoms with Gasteiger partial charge in [-0.1, -0.05) is 0 Å². The number of ether oxygens (including phenoxy) is 1. The molecule has 0 saturated heterocycles. The van der Waals surface area contributed by atoms with Crippen LogP contribution < -0.4 is 15.1 Å². The molecule has 33 heavy (non-hydrogen) atoms. The van der Waals surface area contributed by atoms with Gasteiger partial charge < -0.3 is 15.2 Å². The van der Waals surface area contributed by atoms with E-state index >= 15 is 0 Å². The molecule has 0 unspecified atom stereocenters. The number of alkyl halides is 3. The molecular formula is C18H20F4N6O4S. The van der Waals surface area contributed by atoms with E-state index in [1.165, 1.54) is 23.9 Å². The minimum atomic E-state index is -4.75. The maximum Gasteiger partial charge on any atom is 0.422 e. The predicted octanol–water partition coefficient (Wildman–Crippen LogP) is 2.40. The average Bonchev–Trinajstić information content (AvgIpc) is 3.16. The lowest BCUT2D eigenvalue weighted by Gasteiger charge is -2.21. The summed E-state index contributed by atoms with van der Waals surface area (Å²) in [6, 6.07) is 0.646. The van der Waals surface area contributed by atoms with Gasteiger partial charge in [-0.15, -0.1) is 11.3 Å². The van der Waals surface area contributed by atoms with E-state index in [0.29, 0.717) is 17.4 Å². The molecule has 2 N–H and O–H groups in total. The SMILES string of the molecule is CCN(C=O)/C(CO)=N\N(C)c1nc(OCC(F)(F)F)c(C(=O)Nc2ncsc2C)cc1F. The molecule has 180 valence electrons. The lowest BCUT2D eigenvalue weighted by molar-refractivity contribution is -0.154. The number of amides is 2. The quantitative estimate of drug-likeness (QED) is 0.181. The van der Waals surface area contributed by atoms with Gasteiger partial charge in [-0.25, -0.2) is 14.4 Å². The van der Waals surface area contributed by atoms with Gasteiger partial charge in [-0.3, -0.25) is 14.5 Å². The summed E-state index contributed by atoms with van der Waals surface area (Å²) >= 11 is 1.22. The summed E-state index contributed by atoms with van der Waals surface area (Å²) in [5.41, 5.74) is 0.842. The molecule has 2 aromatic heterocycles. The summed E-state index contributed by atoms with van der Waals surface area (Å²) in [5.74, 6) is -3.54. The number of hydrogen-bond donors (Lipinski definition) is 2. The van der Waals surface area contributed by atoms with Crippen molar-refractivity contribution in [1.82, 2.24) is 14.9 Å². The molecular weight excluding hydrogens is 472 g/mol. The van der Waals surface area contributed by atoms with Gasteiger partial charge in [0.1, 0.15) is 18.0 Å². The number of halogens is 4. The molecule has 10 nitrogen and oxygen atoms in total. The van der Waals surface area contributed by atoms with E-state index in [1.807, 2.05) is 0 Å². The maximum absolute atomic E-state index is 14.8. The molecule has 0 spiro atoms. The first-order chi connectivity index (χ1) is 15.5. The van der Waals surface area contributed by atoms with Gasteiger partial charge in [0.2, 0.25) is 12.3 Å². The van der Waals surface area contributed by atoms with Gasteiger partial charge >= 0.3 is 6.18 Å². The third kappa shape index (κ3) is 6.82. The van der Waals surface area contributed by atoms with Crippen LogP contribution in [-0.4, -0.2) is 71.1 Å². The first-order valence-corrected chi connectivity index (χ1v) is 10.1. The van der Waals surface area contributed by atoms with E-state index in [9.17, 15) is 32.3 Å². The highest BCUT2D eigenvalue weighted by molar-refractivity contribution is 7.10. The normalized spacial score (nSPS) is 11.8. The molecule has 0 saturated carbocycles. The second kappa shape index (κ2) is 11.0. The Morgan fingerprint density at radius 1 is 1.42 bits per heavy atom. The number of aliphatic hydroxyl groups excluding tert-OH is 1. The zero-order valence-corrected chi connectivity index (χ0v) is 18.5. The number of carbonyl (C=O) groups excluding carboxylic acids is 2. The molecule has 0 bridgehead atoms. The molecule has 0 radical (unpaired) electrons. The number of aryl methyl sites for hydroxylation is 1. The van der Waals surface area contributed by atoms with Crippen LogP contribution >= 0.6 is 11.3 Å². The van der Waals surface area contributed by atoms with Gasteiger partial charge in [0, 0.05) is 18.5 Å². The van der Waals surface area contributed by atoms with Crippen molar-refractivity contribution in [2.24, 2.45) is 5.10 Å². The van der Waals surface area contributed by atoms with Crippen molar-refractivity contribution in [3.63, 3.8) is 0 Å². The monoisotopic (exact) mass is 492 g/mol. The van der Waals surface area contributed by atoms with E-state index in [2.05, 4.69) is 25.1 Å². The number of amidine groups is 1. The molecule has 15 heteroatoms. The number of nitrogens with zero attached hydrogens (tertiary/aromatic N) is 5. The Balaban J connectivity index is 2.47. The zero-order chi connectivity index (χ0) is 24.8. The standard InChI is InChI=1S/C18H20F4N6O4S/c1-4-28(9-30)13(6-29)26-27(3)15-12(19)5-11(17(25-15)32-7-18(20,21)22)16(31)24-14-10(2)33-8-23-14/h5,8-9,29H,4,6-7H2,1-3H3,(H,24,31)/b26-13-. The zero-order valence-electron chi connectivity index (χ0n) is 17.7. The van der Waals surface area contributed by atoms with Crippen molar-refractivity contribution in [2.75, 3.05) is 37.1 Å². The second-order valence-electron chi connectivity index (χ2n) is 6.35. The number of thiazole rings is 1. The predicted molar refractivity (Wildman–Crippen MR) is 112 cm³/mol. The molecule has 2 amide bonds. The lowest BCUT2D eigenvalue weighted by Crippen LogP contribution is -2.34. The van der Waals surface area contributed by atoms with Gasteiger partial charge in [-0.2, -0.15) is 23.3 Å². The molecule has 0 aliphatic rings. The van der Waals surface area contributed by atoms with Crippen LogP contribution in [-0.2, 0) is 4.79 Å². The number of aliphatic hydroxyl groups is 1. The van der Waals surface area contributed by atoms with Gasteiger partial charge in [0.05, 0.1) is 5.51 Å². The molecule has 0 aliphatic carbocycles. The van der Waals surface area contributed by atoms with Crippen LogP contribution in [0.1, 0.15) is 22.2 Å². The fourth-order valence-electron chi connectivity index (χ4n) is 2.43. The summed E-state index contributed by atoms with van der Waals surface area (Å²) in [6.07, 6.45) is -4.37. The van der Waals surface area contributed by atoms with Crippen molar-refractivity contribution >= 4 is 41.1 Å². The van der Waals surface area contributed by atoms with Crippen LogP contribution in [0.5, 0.6) is 5.88 Å². The Labute approximate surface area is 189 Å². The summed E-state index contributed by atoms with van der Waals surface area (Å²) < 4.78 is 57.6. The smallest absolute Gasteiger partial charge is 0.422 e. The molecule has 0 fully saturated rings. The van der Waals surface area contributed by atoms with Crippen molar-refractivity contribution in [3.05, 3.63) is 27.8 Å². The average molecular weight is 492 g/mol. The van der Waals surface area contributed by atoms with Crippen LogP contribution in [0.3, 0.4) is 0 Å². The van der Waals surface area contributed by atoms with Crippen molar-refractivity contribution in [3.8, 4) is 5.88 Å². The second-order valence-corrected chi connectivity index (χ2v) is 7.41. The summed E-state index contributed by atoms with van der Waals surface area (Å²) in [4.78, 5) is 32.9. The third-order valence-corrected chi connectivity index (χ3v) is 4.79. The Bertz CT molecular complexity index is 1030. The number of aromatic nitrogens is 2. The molecule has 2 rings (SSSR count). The van der Waals surface area contributed by atoms with E-state index < -0.39 is 48.4 Å². The van der Waals surface area contributed by atoms with E-state index in [-0.39, 0.29) is 18.2 Å². The van der Waals surface area contributed by atoms with E-state index in [0.717, 1.165) is 9.91 Å². The number of likely N-dealkylation sites (N-methyl/N-ethyl adjacent to an activating group) is 1. The lowest BCUT2D eigenvalue weighted by atomic mass is 10.2. The minimum Gasteiger partial charge on any atom is -0.467 e. The van der Waals surface area contributed by atoms with Crippen LogP contribution in [0.2, 0.25) is 0 Å². The number of rotatable bonds is 9. The van der Waals surface area contributed by atoms with Crippen LogP contribution in [0.25, 0.3) is 0 Å². The largest absolute Gasteiger partial charge is 0.467 e. The Hall–Kier alpha value is -3.33. The van der Waals surface area contributed by atoms with Gasteiger partial charge in [0.15, 0.2) is 24.1 Å². The number of pyridine rings is 1. The summed E-state index contributed by atoms with van der Waals surface area (Å²) in [7, 11) is 1.19. The van der Waals surface area contributed by atoms with Gasteiger partial charge in [-0.05, 0) is 19.9 Å². The topological polar surface area (TPSA) is 120 Å². The third-order valence-electron chi connectivity index (χ3n) is 4.03. The van der Waals surface area contributed by atoms with E-state index in [4.69, 9.17) is 0 Å². The van der Waals surface area contributed by atoms with E-state index in [1.54, 1.807) is 13.8 Å². The number of anilines is 2. The summed E-state index contributed by atoms with van der Waals surface area (Å²) in [5, 5.41) is 16.5. The highest BCUT2D eigenvalue weighted by Gasteiger charge is 2.31. The molecule has 0 atom stereocenters. The minimum absolute atomic E-state index is 0.141. The Morgan fingerprint density at radius 3 is 2.64 bits per heavy atom. The van der Waals surface area contributed by atoms with Crippen molar-refractivity contribution in [1.29, 1.82) is 0 Å². The first kappa shape index (κ1) is 25.9.